The molecule has 1 aliphatic carbocycles. The van der Waals surface area contributed by atoms with Crippen LogP contribution in [0.3, 0.4) is 0 Å². The molecule has 1 amide bonds. The van der Waals surface area contributed by atoms with E-state index in [1.807, 2.05) is 0 Å². The highest BCUT2D eigenvalue weighted by Gasteiger charge is 2.30. The SMILES string of the molecule is CCC(C(=O)O)N(C)CC(=O)Nc1nnc(C2CC2)o1. The summed E-state index contributed by atoms with van der Waals surface area (Å²) in [6.07, 6.45) is 2.50. The molecule has 2 N–H and O–H groups in total. The largest absolute Gasteiger partial charge is 0.480 e. The minimum absolute atomic E-state index is 0.0497. The first kappa shape index (κ1) is 14.4. The van der Waals surface area contributed by atoms with Crippen LogP contribution < -0.4 is 5.32 Å². The van der Waals surface area contributed by atoms with E-state index < -0.39 is 12.0 Å². The van der Waals surface area contributed by atoms with Gasteiger partial charge in [0.25, 0.3) is 0 Å². The molecule has 2 rings (SSSR count). The highest BCUT2D eigenvalue weighted by atomic mass is 16.4. The molecule has 1 aromatic rings. The molecule has 8 heteroatoms. The van der Waals surface area contributed by atoms with Crippen molar-refractivity contribution in [2.45, 2.75) is 38.1 Å². The minimum Gasteiger partial charge on any atom is -0.480 e. The van der Waals surface area contributed by atoms with Gasteiger partial charge in [-0.25, -0.2) is 0 Å². The Morgan fingerprint density at radius 3 is 2.75 bits per heavy atom. The first-order chi connectivity index (χ1) is 9.51. The van der Waals surface area contributed by atoms with Crippen LogP contribution in [0.1, 0.15) is 38.0 Å². The maximum Gasteiger partial charge on any atom is 0.322 e. The van der Waals surface area contributed by atoms with E-state index in [2.05, 4.69) is 15.5 Å². The van der Waals surface area contributed by atoms with Crippen molar-refractivity contribution in [3.05, 3.63) is 5.89 Å². The number of carboxylic acids is 1. The number of anilines is 1. The summed E-state index contributed by atoms with van der Waals surface area (Å²) < 4.78 is 5.31. The van der Waals surface area contributed by atoms with Gasteiger partial charge in [0, 0.05) is 5.92 Å². The van der Waals surface area contributed by atoms with Crippen molar-refractivity contribution in [2.75, 3.05) is 18.9 Å². The smallest absolute Gasteiger partial charge is 0.322 e. The van der Waals surface area contributed by atoms with Gasteiger partial charge in [-0.15, -0.1) is 5.10 Å². The van der Waals surface area contributed by atoms with Crippen LogP contribution in [0.2, 0.25) is 0 Å². The van der Waals surface area contributed by atoms with E-state index in [9.17, 15) is 9.59 Å². The second-order valence-electron chi connectivity index (χ2n) is 4.95. The zero-order chi connectivity index (χ0) is 14.7. The lowest BCUT2D eigenvalue weighted by molar-refractivity contribution is -0.143. The lowest BCUT2D eigenvalue weighted by atomic mass is 10.2. The molecule has 0 radical (unpaired) electrons. The third-order valence-electron chi connectivity index (χ3n) is 3.21. The second kappa shape index (κ2) is 6.00. The number of hydrogen-bond acceptors (Lipinski definition) is 6. The number of carbonyl (C=O) groups excluding carboxylic acids is 1. The van der Waals surface area contributed by atoms with Crippen LogP contribution in [0.25, 0.3) is 0 Å². The van der Waals surface area contributed by atoms with Crippen molar-refractivity contribution >= 4 is 17.9 Å². The summed E-state index contributed by atoms with van der Waals surface area (Å²) in [4.78, 5) is 24.2. The molecule has 0 spiro atoms. The van der Waals surface area contributed by atoms with Crippen molar-refractivity contribution < 1.29 is 19.1 Å². The maximum atomic E-state index is 11.8. The van der Waals surface area contributed by atoms with Crippen molar-refractivity contribution in [1.29, 1.82) is 0 Å². The summed E-state index contributed by atoms with van der Waals surface area (Å²) >= 11 is 0. The third-order valence-corrected chi connectivity index (χ3v) is 3.21. The summed E-state index contributed by atoms with van der Waals surface area (Å²) in [5.41, 5.74) is 0. The van der Waals surface area contributed by atoms with E-state index in [0.29, 0.717) is 18.2 Å². The number of hydrogen-bond donors (Lipinski definition) is 2. The predicted molar refractivity (Wildman–Crippen MR) is 69.2 cm³/mol. The molecular formula is C12H18N4O4. The molecule has 110 valence electrons. The summed E-state index contributed by atoms with van der Waals surface area (Å²) in [6.45, 7) is 1.71. The number of nitrogens with one attached hydrogen (secondary N) is 1. The van der Waals surface area contributed by atoms with E-state index in [1.165, 1.54) is 4.90 Å². The molecule has 20 heavy (non-hydrogen) atoms. The van der Waals surface area contributed by atoms with Gasteiger partial charge in [0.2, 0.25) is 11.8 Å². The Morgan fingerprint density at radius 2 is 2.20 bits per heavy atom. The van der Waals surface area contributed by atoms with Crippen molar-refractivity contribution in [3.63, 3.8) is 0 Å². The van der Waals surface area contributed by atoms with Gasteiger partial charge < -0.3 is 9.52 Å². The Hall–Kier alpha value is -1.96. The van der Waals surface area contributed by atoms with Gasteiger partial charge in [0.05, 0.1) is 6.54 Å². The highest BCUT2D eigenvalue weighted by molar-refractivity contribution is 5.90. The molecule has 0 aromatic carbocycles. The molecule has 8 nitrogen and oxygen atoms in total. The van der Waals surface area contributed by atoms with E-state index in [4.69, 9.17) is 9.52 Å². The minimum atomic E-state index is -0.948. The fraction of sp³-hybridized carbons (Fsp3) is 0.667. The number of nitrogens with zero attached hydrogens (tertiary/aromatic N) is 3. The molecule has 1 atom stereocenters. The molecule has 1 saturated carbocycles. The molecule has 0 bridgehead atoms. The van der Waals surface area contributed by atoms with Gasteiger partial charge in [0.1, 0.15) is 6.04 Å². The Bertz CT molecular complexity index is 497. The van der Waals surface area contributed by atoms with E-state index in [-0.39, 0.29) is 18.5 Å². The number of likely N-dealkylation sites (N-methyl/N-ethyl adjacent to an activating group) is 1. The van der Waals surface area contributed by atoms with E-state index in [1.54, 1.807) is 14.0 Å². The molecule has 0 saturated heterocycles. The number of aliphatic carboxylic acids is 1. The Morgan fingerprint density at radius 1 is 1.50 bits per heavy atom. The predicted octanol–water partition coefficient (Wildman–Crippen LogP) is 0.680. The number of carboxylic acid groups (broad SMARTS) is 1. The fourth-order valence-electron chi connectivity index (χ4n) is 1.95. The average molecular weight is 282 g/mol. The second-order valence-corrected chi connectivity index (χ2v) is 4.95. The summed E-state index contributed by atoms with van der Waals surface area (Å²) in [5, 5.41) is 19.1. The monoisotopic (exact) mass is 282 g/mol. The normalized spacial score (nSPS) is 16.1. The zero-order valence-corrected chi connectivity index (χ0v) is 11.5. The van der Waals surface area contributed by atoms with Crippen LogP contribution in [0, 0.1) is 0 Å². The van der Waals surface area contributed by atoms with Crippen LogP contribution >= 0.6 is 0 Å². The Labute approximate surface area is 116 Å². The summed E-state index contributed by atoms with van der Waals surface area (Å²) in [5.74, 6) is -0.451. The Kier molecular flexibility index (Phi) is 4.33. The Balaban J connectivity index is 1.85. The van der Waals surface area contributed by atoms with Gasteiger partial charge in [-0.1, -0.05) is 12.0 Å². The molecule has 1 unspecified atom stereocenters. The summed E-state index contributed by atoms with van der Waals surface area (Å²) in [7, 11) is 1.59. The van der Waals surface area contributed by atoms with Crippen LogP contribution in [0.15, 0.2) is 4.42 Å². The quantitative estimate of drug-likeness (QED) is 0.756. The molecule has 1 heterocycles. The standard InChI is InChI=1S/C12H18N4O4/c1-3-8(11(18)19)16(2)6-9(17)13-12-15-14-10(20-12)7-4-5-7/h7-8H,3-6H2,1-2H3,(H,18,19)(H,13,15,17). The van der Waals surface area contributed by atoms with Gasteiger partial charge >= 0.3 is 12.0 Å². The molecule has 1 aromatic heterocycles. The number of amides is 1. The highest BCUT2D eigenvalue weighted by Crippen LogP contribution is 2.39. The van der Waals surface area contributed by atoms with Gasteiger partial charge in [-0.05, 0) is 26.3 Å². The molecular weight excluding hydrogens is 264 g/mol. The first-order valence-corrected chi connectivity index (χ1v) is 6.57. The number of rotatable bonds is 7. The molecule has 0 aliphatic heterocycles. The third kappa shape index (κ3) is 3.53. The van der Waals surface area contributed by atoms with E-state index >= 15 is 0 Å². The average Bonchev–Trinajstić information content (AvgIpc) is 3.11. The first-order valence-electron chi connectivity index (χ1n) is 6.57. The molecule has 1 aliphatic rings. The van der Waals surface area contributed by atoms with Crippen molar-refractivity contribution in [1.82, 2.24) is 15.1 Å². The van der Waals surface area contributed by atoms with Crippen molar-refractivity contribution in [3.8, 4) is 0 Å². The maximum absolute atomic E-state index is 11.8. The van der Waals surface area contributed by atoms with Crippen LogP contribution in [0.5, 0.6) is 0 Å². The zero-order valence-electron chi connectivity index (χ0n) is 11.5. The van der Waals surface area contributed by atoms with Gasteiger partial charge in [-0.3, -0.25) is 19.8 Å². The fourth-order valence-corrected chi connectivity index (χ4v) is 1.95. The van der Waals surface area contributed by atoms with E-state index in [0.717, 1.165) is 12.8 Å². The number of carbonyl (C=O) groups is 2. The van der Waals surface area contributed by atoms with Crippen LogP contribution in [0.4, 0.5) is 6.01 Å². The van der Waals surface area contributed by atoms with Gasteiger partial charge in [-0.2, -0.15) is 0 Å². The van der Waals surface area contributed by atoms with Crippen LogP contribution in [-0.2, 0) is 9.59 Å². The molecule has 1 fully saturated rings. The summed E-state index contributed by atoms with van der Waals surface area (Å²) in [6, 6.07) is -0.626. The lowest BCUT2D eigenvalue weighted by Gasteiger charge is -2.22. The lowest BCUT2D eigenvalue weighted by Crippen LogP contribution is -2.42. The van der Waals surface area contributed by atoms with Crippen LogP contribution in [-0.4, -0.2) is 51.7 Å². The number of aromatic nitrogens is 2. The topological polar surface area (TPSA) is 109 Å². The van der Waals surface area contributed by atoms with Crippen molar-refractivity contribution in [2.24, 2.45) is 0 Å². The van der Waals surface area contributed by atoms with Gasteiger partial charge in [0.15, 0.2) is 0 Å².